The van der Waals surface area contributed by atoms with Gasteiger partial charge in [-0.15, -0.1) is 0 Å². The van der Waals surface area contributed by atoms with Crippen molar-refractivity contribution < 1.29 is 53.0 Å². The van der Waals surface area contributed by atoms with Gasteiger partial charge in [-0.05, 0) is 35.7 Å². The molecule has 0 aliphatic carbocycles. The van der Waals surface area contributed by atoms with Gasteiger partial charge < -0.3 is 41.2 Å². The van der Waals surface area contributed by atoms with Gasteiger partial charge in [-0.1, -0.05) is 18.2 Å². The number of benzene rings is 2. The highest BCUT2D eigenvalue weighted by molar-refractivity contribution is 6.47. The highest BCUT2D eigenvalue weighted by atomic mass is 19.1. The van der Waals surface area contributed by atoms with Crippen molar-refractivity contribution in [1.29, 1.82) is 0 Å². The number of nitrogens with one attached hydrogen (secondary N) is 2. The number of primary amides is 1. The standard InChI is InChI=1S/C25H25BFN5O10/c27-6-7-31-8-9-32(23(37)22(31)36)25(40)30-18(12-4-5-14(20(28)34)16(33)10-12)21(35)29-17-11-13-2-1-3-15(24(38)39)19(13)42-26(17)41/h1-5,10,17-18,33,41H,6-9,11H2,(H2,28,34)(H,29,35)(H,30,40)(H,38,39)/t17-,18?/m0/s1. The molecule has 0 saturated carbocycles. The van der Waals surface area contributed by atoms with Crippen molar-refractivity contribution in [2.45, 2.75) is 18.4 Å². The molecule has 4 rings (SSSR count). The summed E-state index contributed by atoms with van der Waals surface area (Å²) in [6.07, 6.45) is -0.0700. The first-order valence-electron chi connectivity index (χ1n) is 12.5. The van der Waals surface area contributed by atoms with Crippen molar-refractivity contribution in [3.05, 3.63) is 58.7 Å². The quantitative estimate of drug-likeness (QED) is 0.159. The number of aromatic hydroxyl groups is 1. The molecule has 2 aliphatic heterocycles. The lowest BCUT2D eigenvalue weighted by Crippen LogP contribution is -2.60. The monoisotopic (exact) mass is 585 g/mol. The third-order valence-electron chi connectivity index (χ3n) is 6.74. The van der Waals surface area contributed by atoms with Gasteiger partial charge in [-0.3, -0.25) is 24.1 Å². The average Bonchev–Trinajstić information content (AvgIpc) is 2.94. The minimum atomic E-state index is -1.70. The summed E-state index contributed by atoms with van der Waals surface area (Å²) in [5, 5.41) is 35.0. The van der Waals surface area contributed by atoms with E-state index in [4.69, 9.17) is 10.4 Å². The summed E-state index contributed by atoms with van der Waals surface area (Å²) in [5.74, 6) is -7.41. The van der Waals surface area contributed by atoms with Gasteiger partial charge in [0.2, 0.25) is 5.91 Å². The lowest BCUT2D eigenvalue weighted by Gasteiger charge is -2.33. The predicted molar refractivity (Wildman–Crippen MR) is 140 cm³/mol. The number of imide groups is 1. The minimum absolute atomic E-state index is 0.0700. The van der Waals surface area contributed by atoms with Gasteiger partial charge in [0.25, 0.3) is 5.91 Å². The van der Waals surface area contributed by atoms with Crippen LogP contribution in [0.2, 0.25) is 0 Å². The maximum absolute atomic E-state index is 13.5. The Hall–Kier alpha value is -5.19. The van der Waals surface area contributed by atoms with Crippen molar-refractivity contribution in [1.82, 2.24) is 20.4 Å². The van der Waals surface area contributed by atoms with Crippen LogP contribution >= 0.6 is 0 Å². The van der Waals surface area contributed by atoms with Crippen molar-refractivity contribution in [3.8, 4) is 11.5 Å². The van der Waals surface area contributed by atoms with E-state index in [2.05, 4.69) is 10.6 Å². The molecular formula is C25H25BFN5O10. The Morgan fingerprint density at radius 2 is 1.86 bits per heavy atom. The van der Waals surface area contributed by atoms with Crippen molar-refractivity contribution >= 4 is 42.7 Å². The number of hydrogen-bond acceptors (Lipinski definition) is 9. The van der Waals surface area contributed by atoms with Crippen molar-refractivity contribution in [3.63, 3.8) is 0 Å². The third-order valence-corrected chi connectivity index (χ3v) is 6.74. The molecule has 1 fully saturated rings. The van der Waals surface area contributed by atoms with Crippen LogP contribution < -0.4 is 21.0 Å². The lowest BCUT2D eigenvalue weighted by molar-refractivity contribution is -0.153. The number of phenols is 1. The van der Waals surface area contributed by atoms with Gasteiger partial charge in [0.15, 0.2) is 0 Å². The first-order chi connectivity index (χ1) is 19.9. The Kier molecular flexibility index (Phi) is 8.61. The third kappa shape index (κ3) is 5.95. The lowest BCUT2D eigenvalue weighted by atomic mass is 9.72. The Balaban J connectivity index is 1.59. The fraction of sp³-hybridized carbons (Fsp3) is 0.280. The Bertz CT molecular complexity index is 1470. The molecule has 2 aliphatic rings. The molecule has 42 heavy (non-hydrogen) atoms. The molecule has 2 atom stereocenters. The molecule has 1 saturated heterocycles. The van der Waals surface area contributed by atoms with Crippen LogP contribution in [-0.2, 0) is 20.8 Å². The van der Waals surface area contributed by atoms with E-state index in [0.717, 1.165) is 17.0 Å². The van der Waals surface area contributed by atoms with Gasteiger partial charge in [0.1, 0.15) is 24.2 Å². The van der Waals surface area contributed by atoms with Crippen LogP contribution in [-0.4, -0.2) is 100 Å². The number of fused-ring (bicyclic) bond motifs is 1. The van der Waals surface area contributed by atoms with E-state index in [1.165, 1.54) is 24.3 Å². The van der Waals surface area contributed by atoms with Gasteiger partial charge in [0.05, 0.1) is 17.1 Å². The largest absolute Gasteiger partial charge is 0.547 e. The molecule has 0 spiro atoms. The number of hydrogen-bond donors (Lipinski definition) is 6. The molecule has 0 aromatic heterocycles. The number of carboxylic acids is 1. The summed E-state index contributed by atoms with van der Waals surface area (Å²) in [6, 6.07) is 4.76. The molecule has 17 heteroatoms. The van der Waals surface area contributed by atoms with Crippen LogP contribution in [0, 0.1) is 0 Å². The topological polar surface area (TPSA) is 229 Å². The van der Waals surface area contributed by atoms with E-state index >= 15 is 0 Å². The number of para-hydroxylation sites is 1. The van der Waals surface area contributed by atoms with Gasteiger partial charge in [0, 0.05) is 19.6 Å². The van der Waals surface area contributed by atoms with Gasteiger partial charge >= 0.3 is 30.9 Å². The molecule has 1 unspecified atom stereocenters. The molecule has 2 aromatic rings. The summed E-state index contributed by atoms with van der Waals surface area (Å²) in [4.78, 5) is 76.0. The van der Waals surface area contributed by atoms with Crippen LogP contribution in [0.15, 0.2) is 36.4 Å². The summed E-state index contributed by atoms with van der Waals surface area (Å²) in [7, 11) is -1.70. The summed E-state index contributed by atoms with van der Waals surface area (Å²) in [5.41, 5.74) is 5.03. The summed E-state index contributed by atoms with van der Waals surface area (Å²) in [6.45, 7) is -1.67. The Morgan fingerprint density at radius 3 is 2.50 bits per heavy atom. The summed E-state index contributed by atoms with van der Waals surface area (Å²) >= 11 is 0. The maximum Gasteiger partial charge on any atom is 0.547 e. The highest BCUT2D eigenvalue weighted by Crippen LogP contribution is 2.31. The van der Waals surface area contributed by atoms with Crippen LogP contribution in [0.3, 0.4) is 0 Å². The normalized spacial score (nSPS) is 17.2. The second kappa shape index (κ2) is 12.1. The van der Waals surface area contributed by atoms with Gasteiger partial charge in [-0.25, -0.2) is 14.0 Å². The molecule has 0 bridgehead atoms. The van der Waals surface area contributed by atoms with Crippen LogP contribution in [0.5, 0.6) is 11.5 Å². The van der Waals surface area contributed by atoms with Crippen LogP contribution in [0.1, 0.15) is 37.9 Å². The van der Waals surface area contributed by atoms with E-state index in [0.29, 0.717) is 10.5 Å². The van der Waals surface area contributed by atoms with E-state index in [-0.39, 0.29) is 48.5 Å². The number of alkyl halides is 1. The maximum atomic E-state index is 13.5. The van der Waals surface area contributed by atoms with Gasteiger partial charge in [-0.2, -0.15) is 0 Å². The van der Waals surface area contributed by atoms with E-state index < -0.39 is 67.2 Å². The number of carbonyl (C=O) groups excluding carboxylic acids is 5. The molecule has 2 aromatic carbocycles. The number of urea groups is 1. The highest BCUT2D eigenvalue weighted by Gasteiger charge is 2.41. The first-order valence-corrected chi connectivity index (χ1v) is 12.5. The number of carbonyl (C=O) groups is 6. The first kappa shape index (κ1) is 29.8. The molecule has 7 N–H and O–H groups in total. The molecule has 15 nitrogen and oxygen atoms in total. The Labute approximate surface area is 237 Å². The minimum Gasteiger partial charge on any atom is -0.534 e. The smallest absolute Gasteiger partial charge is 0.534 e. The number of nitrogens with two attached hydrogens (primary N) is 1. The number of piperazine rings is 1. The zero-order valence-electron chi connectivity index (χ0n) is 21.8. The number of rotatable bonds is 8. The zero-order valence-corrected chi connectivity index (χ0v) is 21.8. The number of aromatic carboxylic acids is 1. The number of carboxylic acid groups (broad SMARTS) is 1. The van der Waals surface area contributed by atoms with Crippen LogP contribution in [0.25, 0.3) is 0 Å². The number of halogens is 1. The second-order valence-corrected chi connectivity index (χ2v) is 9.39. The molecule has 2 heterocycles. The Morgan fingerprint density at radius 1 is 1.12 bits per heavy atom. The SMILES string of the molecule is NC(=O)c1ccc(C(NC(=O)N2CCN(CCF)C(=O)C2=O)C(=O)N[C@H]2Cc3cccc(C(=O)O)c3OB2O)cc1O. The summed E-state index contributed by atoms with van der Waals surface area (Å²) < 4.78 is 18.1. The van der Waals surface area contributed by atoms with E-state index in [1.807, 2.05) is 0 Å². The molecule has 6 amide bonds. The van der Waals surface area contributed by atoms with E-state index in [9.17, 15) is 48.4 Å². The van der Waals surface area contributed by atoms with Crippen LogP contribution in [0.4, 0.5) is 9.18 Å². The van der Waals surface area contributed by atoms with E-state index in [1.54, 1.807) is 0 Å². The number of amides is 6. The zero-order chi connectivity index (χ0) is 30.7. The molecular weight excluding hydrogens is 560 g/mol. The second-order valence-electron chi connectivity index (χ2n) is 9.39. The fourth-order valence-electron chi connectivity index (χ4n) is 4.60. The van der Waals surface area contributed by atoms with Crippen molar-refractivity contribution in [2.75, 3.05) is 26.3 Å². The predicted octanol–water partition coefficient (Wildman–Crippen LogP) is -1.28. The van der Waals surface area contributed by atoms with Crippen molar-refractivity contribution in [2.24, 2.45) is 5.73 Å². The molecule has 220 valence electrons. The number of nitrogens with zero attached hydrogens (tertiary/aromatic N) is 2. The average molecular weight is 585 g/mol. The fourth-order valence-corrected chi connectivity index (χ4v) is 4.60. The molecule has 0 radical (unpaired) electrons.